The number of likely N-dealkylation sites (tertiary alicyclic amines) is 1. The van der Waals surface area contributed by atoms with Gasteiger partial charge in [-0.1, -0.05) is 62.2 Å². The molecule has 3 aromatic rings. The second-order valence-corrected chi connectivity index (χ2v) is 12.3. The Morgan fingerprint density at radius 1 is 1.12 bits per heavy atom. The maximum atomic E-state index is 15.7. The molecule has 4 rings (SSSR count). The van der Waals surface area contributed by atoms with Crippen LogP contribution in [-0.4, -0.2) is 35.0 Å². The number of benzene rings is 3. The van der Waals surface area contributed by atoms with Gasteiger partial charge in [-0.25, -0.2) is 13.6 Å². The smallest absolute Gasteiger partial charge is 0.335 e. The van der Waals surface area contributed by atoms with Gasteiger partial charge >= 0.3 is 5.97 Å². The molecule has 1 amide bonds. The maximum Gasteiger partial charge on any atom is 0.335 e. The van der Waals surface area contributed by atoms with Crippen molar-refractivity contribution in [1.82, 2.24) is 4.90 Å². The number of hydrogen-bond acceptors (Lipinski definition) is 4. The van der Waals surface area contributed by atoms with Crippen molar-refractivity contribution in [3.63, 3.8) is 0 Å². The third-order valence-electron chi connectivity index (χ3n) is 7.35. The molecule has 0 bridgehead atoms. The highest BCUT2D eigenvalue weighted by molar-refractivity contribution is 6.31. The molecule has 2 N–H and O–H groups in total. The maximum absolute atomic E-state index is 15.7. The number of nitrogens with one attached hydrogen (secondary N) is 1. The highest BCUT2D eigenvalue weighted by Gasteiger charge is 2.58. The third kappa shape index (κ3) is 6.23. The van der Waals surface area contributed by atoms with Gasteiger partial charge in [-0.3, -0.25) is 9.69 Å². The van der Waals surface area contributed by atoms with Crippen molar-refractivity contribution in [1.29, 1.82) is 5.26 Å². The summed E-state index contributed by atoms with van der Waals surface area (Å²) in [6.45, 7) is 5.93. The molecular formula is C31H29Cl2F2N3O3. The van der Waals surface area contributed by atoms with E-state index in [0.717, 1.165) is 6.07 Å². The van der Waals surface area contributed by atoms with E-state index in [1.165, 1.54) is 48.5 Å². The number of nitrogens with zero attached hydrogens (tertiary/aromatic N) is 2. The summed E-state index contributed by atoms with van der Waals surface area (Å²) >= 11 is 12.2. The van der Waals surface area contributed by atoms with E-state index in [-0.39, 0.29) is 45.2 Å². The number of aromatic carboxylic acids is 1. The van der Waals surface area contributed by atoms with Crippen molar-refractivity contribution in [3.8, 4) is 6.07 Å². The molecule has 1 aliphatic heterocycles. The second kappa shape index (κ2) is 11.8. The van der Waals surface area contributed by atoms with Crippen LogP contribution in [0, 0.1) is 34.3 Å². The zero-order valence-electron chi connectivity index (χ0n) is 22.7. The molecule has 1 aliphatic rings. The molecule has 0 saturated carbocycles. The van der Waals surface area contributed by atoms with Crippen LogP contribution in [0.15, 0.2) is 60.7 Å². The van der Waals surface area contributed by atoms with E-state index in [2.05, 4.69) is 11.4 Å². The number of nitriles is 1. The van der Waals surface area contributed by atoms with Crippen LogP contribution in [0.3, 0.4) is 0 Å². The van der Waals surface area contributed by atoms with Gasteiger partial charge < -0.3 is 10.4 Å². The van der Waals surface area contributed by atoms with Gasteiger partial charge in [0.05, 0.1) is 29.2 Å². The summed E-state index contributed by atoms with van der Waals surface area (Å²) in [4.78, 5) is 26.1. The number of hydrogen-bond donors (Lipinski definition) is 2. The summed E-state index contributed by atoms with van der Waals surface area (Å²) in [5, 5.41) is 22.8. The number of carboxylic acid groups (broad SMARTS) is 1. The van der Waals surface area contributed by atoms with E-state index < -0.39 is 40.9 Å². The molecule has 0 aliphatic carbocycles. The topological polar surface area (TPSA) is 93.4 Å². The van der Waals surface area contributed by atoms with Crippen LogP contribution < -0.4 is 5.32 Å². The number of carbonyl (C=O) groups excluding carboxylic acids is 1. The Morgan fingerprint density at radius 3 is 2.39 bits per heavy atom. The monoisotopic (exact) mass is 599 g/mol. The minimum absolute atomic E-state index is 0.0628. The van der Waals surface area contributed by atoms with E-state index in [1.807, 2.05) is 20.8 Å². The molecule has 10 heteroatoms. The summed E-state index contributed by atoms with van der Waals surface area (Å²) < 4.78 is 31.4. The minimum Gasteiger partial charge on any atom is -0.478 e. The fraction of sp³-hybridized carbons (Fsp3) is 0.323. The summed E-state index contributed by atoms with van der Waals surface area (Å²) in [7, 11) is 0. The summed E-state index contributed by atoms with van der Waals surface area (Å²) in [6, 6.07) is 15.5. The Labute approximate surface area is 247 Å². The first-order valence-corrected chi connectivity index (χ1v) is 13.7. The van der Waals surface area contributed by atoms with Crippen molar-refractivity contribution in [2.45, 2.75) is 38.6 Å². The van der Waals surface area contributed by atoms with Crippen LogP contribution in [0.1, 0.15) is 54.7 Å². The molecule has 3 unspecified atom stereocenters. The standard InChI is InChI=1S/C31H29Cl2F2N3O3/c1-30(2,3)14-19-15-38(16-26(39)37-21-10-7-18(8-11-21)29(40)41)28(22-5-4-6-24(33)27(22)35)31(19,17-36)23-12-9-20(32)13-25(23)34/h4-13,19,28H,14-16H2,1-3H3,(H,37,39)(H,40,41). The summed E-state index contributed by atoms with van der Waals surface area (Å²) in [5.74, 6) is -3.53. The van der Waals surface area contributed by atoms with Crippen molar-refractivity contribution in [2.24, 2.45) is 11.3 Å². The highest BCUT2D eigenvalue weighted by Crippen LogP contribution is 2.56. The van der Waals surface area contributed by atoms with E-state index >= 15 is 8.78 Å². The average Bonchev–Trinajstić information content (AvgIpc) is 3.17. The van der Waals surface area contributed by atoms with Crippen molar-refractivity contribution >= 4 is 40.8 Å². The third-order valence-corrected chi connectivity index (χ3v) is 7.88. The lowest BCUT2D eigenvalue weighted by Gasteiger charge is -2.38. The van der Waals surface area contributed by atoms with Gasteiger partial charge in [-0.15, -0.1) is 0 Å². The van der Waals surface area contributed by atoms with Crippen molar-refractivity contribution in [2.75, 3.05) is 18.4 Å². The average molecular weight is 600 g/mol. The predicted octanol–water partition coefficient (Wildman–Crippen LogP) is 7.48. The summed E-state index contributed by atoms with van der Waals surface area (Å²) in [5.41, 5.74) is -1.33. The number of carbonyl (C=O) groups is 2. The number of halogens is 4. The molecule has 1 fully saturated rings. The van der Waals surface area contributed by atoms with Crippen LogP contribution in [-0.2, 0) is 10.2 Å². The molecule has 1 saturated heterocycles. The second-order valence-electron chi connectivity index (χ2n) is 11.5. The minimum atomic E-state index is -1.60. The zero-order chi connectivity index (χ0) is 30.1. The van der Waals surface area contributed by atoms with E-state index in [0.29, 0.717) is 12.1 Å². The molecule has 1 heterocycles. The van der Waals surface area contributed by atoms with E-state index in [4.69, 9.17) is 28.3 Å². The van der Waals surface area contributed by atoms with Gasteiger partial charge in [0.25, 0.3) is 0 Å². The Balaban J connectivity index is 1.84. The van der Waals surface area contributed by atoms with Gasteiger partial charge in [-0.2, -0.15) is 5.26 Å². The largest absolute Gasteiger partial charge is 0.478 e. The first kappa shape index (κ1) is 30.4. The van der Waals surface area contributed by atoms with Crippen LogP contribution in [0.25, 0.3) is 0 Å². The Hall–Kier alpha value is -3.51. The van der Waals surface area contributed by atoms with E-state index in [9.17, 15) is 14.9 Å². The normalized spacial score (nSPS) is 20.9. The SMILES string of the molecule is CC(C)(C)CC1CN(CC(=O)Nc2ccc(C(=O)O)cc2)C(c2cccc(Cl)c2F)C1(C#N)c1ccc(Cl)cc1F. The van der Waals surface area contributed by atoms with Gasteiger partial charge in [0.2, 0.25) is 5.91 Å². The molecule has 3 aromatic carbocycles. The Bertz CT molecular complexity index is 1520. The zero-order valence-corrected chi connectivity index (χ0v) is 24.2. The van der Waals surface area contributed by atoms with Crippen molar-refractivity contribution in [3.05, 3.63) is 99.0 Å². The molecule has 214 valence electrons. The number of anilines is 1. The lowest BCUT2D eigenvalue weighted by atomic mass is 9.63. The fourth-order valence-corrected chi connectivity index (χ4v) is 6.16. The molecule has 6 nitrogen and oxygen atoms in total. The van der Waals surface area contributed by atoms with Gasteiger partial charge in [0.15, 0.2) is 0 Å². The lowest BCUT2D eigenvalue weighted by molar-refractivity contribution is -0.117. The lowest BCUT2D eigenvalue weighted by Crippen LogP contribution is -2.41. The van der Waals surface area contributed by atoms with E-state index in [1.54, 1.807) is 11.0 Å². The highest BCUT2D eigenvalue weighted by atomic mass is 35.5. The van der Waals surface area contributed by atoms with Gasteiger partial charge in [-0.05, 0) is 60.2 Å². The van der Waals surface area contributed by atoms with Gasteiger partial charge in [0, 0.05) is 28.4 Å². The summed E-state index contributed by atoms with van der Waals surface area (Å²) in [6.07, 6.45) is 0.468. The number of carboxylic acids is 1. The van der Waals surface area contributed by atoms with Crippen LogP contribution in [0.4, 0.5) is 14.5 Å². The van der Waals surface area contributed by atoms with Crippen LogP contribution >= 0.6 is 23.2 Å². The Kier molecular flexibility index (Phi) is 8.74. The van der Waals surface area contributed by atoms with Crippen LogP contribution in [0.5, 0.6) is 0 Å². The molecule has 0 radical (unpaired) electrons. The predicted molar refractivity (Wildman–Crippen MR) is 154 cm³/mol. The van der Waals surface area contributed by atoms with Gasteiger partial charge in [0.1, 0.15) is 17.0 Å². The first-order chi connectivity index (χ1) is 19.3. The number of rotatable bonds is 7. The Morgan fingerprint density at radius 2 is 1.80 bits per heavy atom. The number of amides is 1. The molecule has 0 spiro atoms. The molecule has 41 heavy (non-hydrogen) atoms. The molecule has 0 aromatic heterocycles. The molecular weight excluding hydrogens is 571 g/mol. The molecule has 3 atom stereocenters. The quantitative estimate of drug-likeness (QED) is 0.293. The van der Waals surface area contributed by atoms with Crippen molar-refractivity contribution < 1.29 is 23.5 Å². The van der Waals surface area contributed by atoms with Crippen LogP contribution in [0.2, 0.25) is 10.0 Å². The fourth-order valence-electron chi connectivity index (χ4n) is 5.82. The first-order valence-electron chi connectivity index (χ1n) is 12.9.